The van der Waals surface area contributed by atoms with Crippen LogP contribution in [-0.4, -0.2) is 29.2 Å². The Hall–Kier alpha value is -1.94. The monoisotopic (exact) mass is 281 g/mol. The van der Waals surface area contributed by atoms with Gasteiger partial charge in [0, 0.05) is 18.0 Å². The number of hydrogen-bond donors (Lipinski definition) is 1. The molecule has 3 atom stereocenters. The standard InChI is InChI=1S/C17H19N3O/c1-2-12(15-9-19-11-20-10-15)4-16(3-1)21-17-5-13-7-18-8-14(13)6-17/h1-4,9-11,13-14,17-18H,5-8H2/t13-,14?,17?/m1/s1. The number of aromatic nitrogens is 2. The van der Waals surface area contributed by atoms with Crippen molar-refractivity contribution in [2.45, 2.75) is 18.9 Å². The fourth-order valence-electron chi connectivity index (χ4n) is 3.60. The van der Waals surface area contributed by atoms with E-state index >= 15 is 0 Å². The van der Waals surface area contributed by atoms with E-state index in [1.165, 1.54) is 12.8 Å². The van der Waals surface area contributed by atoms with Crippen LogP contribution in [0.15, 0.2) is 43.0 Å². The molecule has 1 N–H and O–H groups in total. The van der Waals surface area contributed by atoms with Gasteiger partial charge in [-0.2, -0.15) is 0 Å². The average Bonchev–Trinajstić information content (AvgIpc) is 3.10. The molecule has 0 bridgehead atoms. The normalized spacial score (nSPS) is 27.5. The zero-order chi connectivity index (χ0) is 14.1. The summed E-state index contributed by atoms with van der Waals surface area (Å²) in [5.74, 6) is 2.57. The molecular weight excluding hydrogens is 262 g/mol. The first-order chi connectivity index (χ1) is 10.4. The molecule has 1 aromatic carbocycles. The molecule has 4 nitrogen and oxygen atoms in total. The van der Waals surface area contributed by atoms with Crippen molar-refractivity contribution in [3.8, 4) is 16.9 Å². The highest BCUT2D eigenvalue weighted by atomic mass is 16.5. The molecule has 1 aliphatic carbocycles. The first-order valence-electron chi connectivity index (χ1n) is 7.61. The number of ether oxygens (including phenoxy) is 1. The summed E-state index contributed by atoms with van der Waals surface area (Å²) in [6.07, 6.45) is 7.93. The minimum atomic E-state index is 0.365. The van der Waals surface area contributed by atoms with E-state index in [4.69, 9.17) is 4.74 Å². The highest BCUT2D eigenvalue weighted by Crippen LogP contribution is 2.37. The Morgan fingerprint density at radius 3 is 2.52 bits per heavy atom. The van der Waals surface area contributed by atoms with Gasteiger partial charge < -0.3 is 10.1 Å². The average molecular weight is 281 g/mol. The van der Waals surface area contributed by atoms with Gasteiger partial charge in [0.2, 0.25) is 0 Å². The molecule has 108 valence electrons. The lowest BCUT2D eigenvalue weighted by atomic mass is 10.0. The lowest BCUT2D eigenvalue weighted by molar-refractivity contribution is 0.199. The van der Waals surface area contributed by atoms with Crippen LogP contribution in [-0.2, 0) is 0 Å². The van der Waals surface area contributed by atoms with E-state index in [-0.39, 0.29) is 0 Å². The van der Waals surface area contributed by atoms with Crippen LogP contribution >= 0.6 is 0 Å². The number of rotatable bonds is 3. The van der Waals surface area contributed by atoms with Crippen molar-refractivity contribution in [2.24, 2.45) is 11.8 Å². The lowest BCUT2D eigenvalue weighted by Gasteiger charge is -2.15. The summed E-state index contributed by atoms with van der Waals surface area (Å²) in [6.45, 7) is 2.32. The Labute approximate surface area is 124 Å². The van der Waals surface area contributed by atoms with E-state index in [1.54, 1.807) is 6.33 Å². The second-order valence-corrected chi connectivity index (χ2v) is 6.04. The highest BCUT2D eigenvalue weighted by Gasteiger charge is 2.38. The second kappa shape index (κ2) is 5.45. The van der Waals surface area contributed by atoms with Gasteiger partial charge in [-0.25, -0.2) is 9.97 Å². The van der Waals surface area contributed by atoms with Gasteiger partial charge in [0.25, 0.3) is 0 Å². The maximum absolute atomic E-state index is 6.21. The van der Waals surface area contributed by atoms with Crippen LogP contribution in [0.3, 0.4) is 0 Å². The summed E-state index contributed by atoms with van der Waals surface area (Å²) in [7, 11) is 0. The van der Waals surface area contributed by atoms with E-state index < -0.39 is 0 Å². The molecule has 2 fully saturated rings. The van der Waals surface area contributed by atoms with Crippen molar-refractivity contribution in [1.29, 1.82) is 0 Å². The van der Waals surface area contributed by atoms with Crippen LogP contribution in [0.5, 0.6) is 5.75 Å². The molecule has 1 aliphatic heterocycles. The van der Waals surface area contributed by atoms with Gasteiger partial charge in [-0.1, -0.05) is 12.1 Å². The summed E-state index contributed by atoms with van der Waals surface area (Å²) in [5.41, 5.74) is 2.13. The van der Waals surface area contributed by atoms with Crippen molar-refractivity contribution in [2.75, 3.05) is 13.1 Å². The summed E-state index contributed by atoms with van der Waals surface area (Å²) in [5, 5.41) is 3.47. The first-order valence-corrected chi connectivity index (χ1v) is 7.61. The topological polar surface area (TPSA) is 47.0 Å². The zero-order valence-electron chi connectivity index (χ0n) is 11.9. The highest BCUT2D eigenvalue weighted by molar-refractivity contribution is 5.63. The number of hydrogen-bond acceptors (Lipinski definition) is 4. The largest absolute Gasteiger partial charge is 0.490 e. The van der Waals surface area contributed by atoms with Gasteiger partial charge in [0.15, 0.2) is 0 Å². The molecule has 4 rings (SSSR count). The molecule has 2 aromatic rings. The summed E-state index contributed by atoms with van der Waals surface area (Å²) in [4.78, 5) is 8.15. The maximum atomic E-state index is 6.21. The zero-order valence-corrected chi connectivity index (χ0v) is 11.9. The molecular formula is C17H19N3O. The molecule has 0 amide bonds. The summed E-state index contributed by atoms with van der Waals surface area (Å²) >= 11 is 0. The van der Waals surface area contributed by atoms with E-state index in [0.717, 1.165) is 41.8 Å². The molecule has 21 heavy (non-hydrogen) atoms. The van der Waals surface area contributed by atoms with Crippen LogP contribution in [0.1, 0.15) is 12.8 Å². The second-order valence-electron chi connectivity index (χ2n) is 6.04. The maximum Gasteiger partial charge on any atom is 0.120 e. The number of nitrogens with zero attached hydrogens (tertiary/aromatic N) is 2. The third-order valence-corrected chi connectivity index (χ3v) is 4.64. The van der Waals surface area contributed by atoms with Crippen LogP contribution in [0.25, 0.3) is 11.1 Å². The van der Waals surface area contributed by atoms with Gasteiger partial charge >= 0.3 is 0 Å². The Balaban J connectivity index is 1.49. The lowest BCUT2D eigenvalue weighted by Crippen LogP contribution is -2.18. The Morgan fingerprint density at radius 2 is 1.76 bits per heavy atom. The van der Waals surface area contributed by atoms with Gasteiger partial charge in [-0.05, 0) is 55.5 Å². The van der Waals surface area contributed by atoms with E-state index in [2.05, 4.69) is 27.4 Å². The molecule has 1 saturated carbocycles. The molecule has 4 heteroatoms. The Kier molecular flexibility index (Phi) is 3.31. The quantitative estimate of drug-likeness (QED) is 0.939. The summed E-state index contributed by atoms with van der Waals surface area (Å²) in [6, 6.07) is 8.23. The minimum Gasteiger partial charge on any atom is -0.490 e. The fraction of sp³-hybridized carbons (Fsp3) is 0.412. The van der Waals surface area contributed by atoms with Crippen molar-refractivity contribution in [3.05, 3.63) is 43.0 Å². The molecule has 2 aliphatic rings. The molecule has 2 heterocycles. The number of benzene rings is 1. The van der Waals surface area contributed by atoms with Crippen LogP contribution in [0, 0.1) is 11.8 Å². The Bertz CT molecular complexity index is 604. The predicted molar refractivity (Wildman–Crippen MR) is 81.0 cm³/mol. The molecule has 0 spiro atoms. The van der Waals surface area contributed by atoms with Crippen molar-refractivity contribution < 1.29 is 4.74 Å². The molecule has 1 saturated heterocycles. The molecule has 2 unspecified atom stereocenters. The summed E-state index contributed by atoms with van der Waals surface area (Å²) < 4.78 is 6.21. The van der Waals surface area contributed by atoms with Crippen LogP contribution in [0.2, 0.25) is 0 Å². The van der Waals surface area contributed by atoms with Crippen molar-refractivity contribution in [3.63, 3.8) is 0 Å². The first kappa shape index (κ1) is 12.8. The smallest absolute Gasteiger partial charge is 0.120 e. The van der Waals surface area contributed by atoms with Crippen molar-refractivity contribution in [1.82, 2.24) is 15.3 Å². The fourth-order valence-corrected chi connectivity index (χ4v) is 3.60. The number of fused-ring (bicyclic) bond motifs is 1. The predicted octanol–water partition coefficient (Wildman–Crippen LogP) is 2.52. The minimum absolute atomic E-state index is 0.365. The SMILES string of the molecule is c1cc(OC2CC3CNC[C@H]3C2)cc(-c2cncnc2)c1. The van der Waals surface area contributed by atoms with Gasteiger partial charge in [0.1, 0.15) is 12.1 Å². The van der Waals surface area contributed by atoms with Gasteiger partial charge in [-0.3, -0.25) is 0 Å². The van der Waals surface area contributed by atoms with E-state index in [1.807, 2.05) is 24.5 Å². The van der Waals surface area contributed by atoms with Crippen molar-refractivity contribution >= 4 is 0 Å². The van der Waals surface area contributed by atoms with Crippen LogP contribution in [0.4, 0.5) is 0 Å². The van der Waals surface area contributed by atoms with Gasteiger partial charge in [0.05, 0.1) is 6.10 Å². The van der Waals surface area contributed by atoms with Crippen LogP contribution < -0.4 is 10.1 Å². The molecule has 1 aromatic heterocycles. The van der Waals surface area contributed by atoms with E-state index in [0.29, 0.717) is 6.10 Å². The third-order valence-electron chi connectivity index (χ3n) is 4.64. The van der Waals surface area contributed by atoms with E-state index in [9.17, 15) is 0 Å². The van der Waals surface area contributed by atoms with Gasteiger partial charge in [-0.15, -0.1) is 0 Å². The Morgan fingerprint density at radius 1 is 1.00 bits per heavy atom. The number of nitrogens with one attached hydrogen (secondary N) is 1. The molecule has 0 radical (unpaired) electrons. The third kappa shape index (κ3) is 2.63.